The second-order valence-corrected chi connectivity index (χ2v) is 11.6. The molecule has 0 heterocycles. The number of carbonyl (C=O) groups is 2. The average Bonchev–Trinajstić information content (AvgIpc) is 2.98. The van der Waals surface area contributed by atoms with E-state index < -0.39 is 28.5 Å². The first-order valence-corrected chi connectivity index (χ1v) is 15.0. The minimum Gasteiger partial charge on any atom is -0.497 e. The van der Waals surface area contributed by atoms with Crippen LogP contribution >= 0.6 is 0 Å². The molecule has 0 aromatic heterocycles. The van der Waals surface area contributed by atoms with Crippen molar-refractivity contribution in [3.63, 3.8) is 0 Å². The monoisotopic (exact) mass is 581 g/mol. The predicted molar refractivity (Wildman–Crippen MR) is 160 cm³/mol. The number of benzene rings is 3. The molecule has 0 bridgehead atoms. The van der Waals surface area contributed by atoms with E-state index in [1.807, 2.05) is 26.0 Å². The highest BCUT2D eigenvalue weighted by molar-refractivity contribution is 7.92. The second kappa shape index (κ2) is 14.5. The van der Waals surface area contributed by atoms with Gasteiger partial charge in [-0.15, -0.1) is 0 Å². The van der Waals surface area contributed by atoms with Gasteiger partial charge in [0.15, 0.2) is 0 Å². The normalized spacial score (nSPS) is 11.8. The lowest BCUT2D eigenvalue weighted by Crippen LogP contribution is -2.51. The van der Waals surface area contributed by atoms with E-state index in [1.54, 1.807) is 62.6 Å². The highest BCUT2D eigenvalue weighted by Gasteiger charge is 2.33. The Balaban J connectivity index is 2.05. The topological polar surface area (TPSA) is 105 Å². The molecule has 0 spiro atoms. The first-order valence-electron chi connectivity index (χ1n) is 13.5. The van der Waals surface area contributed by atoms with Gasteiger partial charge in [-0.1, -0.05) is 49.7 Å². The smallest absolute Gasteiger partial charge is 0.264 e. The van der Waals surface area contributed by atoms with Crippen LogP contribution < -0.4 is 19.1 Å². The van der Waals surface area contributed by atoms with Crippen molar-refractivity contribution in [2.24, 2.45) is 0 Å². The Morgan fingerprint density at radius 3 is 2.24 bits per heavy atom. The summed E-state index contributed by atoms with van der Waals surface area (Å²) in [6.07, 6.45) is 1.72. The molecule has 0 unspecified atom stereocenters. The van der Waals surface area contributed by atoms with Gasteiger partial charge in [0.2, 0.25) is 11.8 Å². The first kappa shape index (κ1) is 31.5. The molecule has 10 heteroatoms. The van der Waals surface area contributed by atoms with Crippen LogP contribution in [0.5, 0.6) is 11.5 Å². The molecule has 3 aromatic rings. The molecule has 0 saturated carbocycles. The van der Waals surface area contributed by atoms with Gasteiger partial charge >= 0.3 is 0 Å². The number of unbranched alkanes of at least 4 members (excludes halogenated alkanes) is 1. The van der Waals surface area contributed by atoms with E-state index in [2.05, 4.69) is 5.32 Å². The summed E-state index contributed by atoms with van der Waals surface area (Å²) in [5.41, 5.74) is 1.78. The van der Waals surface area contributed by atoms with Crippen molar-refractivity contribution in [1.29, 1.82) is 0 Å². The molecule has 2 amide bonds. The first-order chi connectivity index (χ1) is 19.6. The zero-order valence-electron chi connectivity index (χ0n) is 24.3. The number of carbonyl (C=O) groups excluding carboxylic acids is 2. The number of anilines is 1. The number of nitrogens with zero attached hydrogens (tertiary/aromatic N) is 2. The third kappa shape index (κ3) is 8.00. The molecule has 0 aliphatic heterocycles. The number of amides is 2. The molecular formula is C31H39N3O6S. The highest BCUT2D eigenvalue weighted by Crippen LogP contribution is 2.33. The molecule has 1 N–H and O–H groups in total. The van der Waals surface area contributed by atoms with Gasteiger partial charge in [-0.05, 0) is 67.8 Å². The fraction of sp³-hybridized carbons (Fsp3) is 0.355. The number of rotatable bonds is 14. The molecule has 3 aromatic carbocycles. The fourth-order valence-electron chi connectivity index (χ4n) is 4.27. The Labute approximate surface area is 243 Å². The standard InChI is InChI=1S/C31H39N3O6S/c1-6-7-19-32-31(36)24(3)33(21-25-14-16-26(39-4)17-15-25)30(35)22-34(28-20-23(2)13-18-29(28)40-5)41(37,38)27-11-9-8-10-12-27/h8-18,20,24H,6-7,19,21-22H2,1-5H3,(H,32,36)/t24-/m0/s1. The summed E-state index contributed by atoms with van der Waals surface area (Å²) in [5.74, 6) is 0.103. The molecule has 0 aliphatic carbocycles. The quantitative estimate of drug-likeness (QED) is 0.280. The van der Waals surface area contributed by atoms with Crippen molar-refractivity contribution in [3.05, 3.63) is 83.9 Å². The van der Waals surface area contributed by atoms with Gasteiger partial charge in [0.25, 0.3) is 10.0 Å². The molecule has 3 rings (SSSR count). The maximum atomic E-state index is 14.1. The van der Waals surface area contributed by atoms with Crippen LogP contribution in [0.15, 0.2) is 77.7 Å². The van der Waals surface area contributed by atoms with Crippen LogP contribution in [0.25, 0.3) is 0 Å². The summed E-state index contributed by atoms with van der Waals surface area (Å²) in [6.45, 7) is 5.54. The SMILES string of the molecule is CCCCNC(=O)[C@H](C)N(Cc1ccc(OC)cc1)C(=O)CN(c1cc(C)ccc1OC)S(=O)(=O)c1ccccc1. The van der Waals surface area contributed by atoms with Crippen LogP contribution in [0, 0.1) is 6.92 Å². The third-order valence-corrected chi connectivity index (χ3v) is 8.50. The Hall–Kier alpha value is -4.05. The summed E-state index contributed by atoms with van der Waals surface area (Å²) in [6, 6.07) is 19.4. The van der Waals surface area contributed by atoms with Gasteiger partial charge in [0.05, 0.1) is 24.8 Å². The molecule has 0 aliphatic rings. The Bertz CT molecular complexity index is 1410. The lowest BCUT2D eigenvalue weighted by atomic mass is 10.1. The number of sulfonamides is 1. The summed E-state index contributed by atoms with van der Waals surface area (Å²) >= 11 is 0. The highest BCUT2D eigenvalue weighted by atomic mass is 32.2. The Kier molecular flexibility index (Phi) is 11.2. The van der Waals surface area contributed by atoms with Crippen molar-refractivity contribution in [2.45, 2.75) is 51.1 Å². The zero-order valence-corrected chi connectivity index (χ0v) is 25.1. The van der Waals surface area contributed by atoms with Crippen LogP contribution in [0.1, 0.15) is 37.8 Å². The summed E-state index contributed by atoms with van der Waals surface area (Å²) < 4.78 is 39.8. The number of nitrogens with one attached hydrogen (secondary N) is 1. The lowest BCUT2D eigenvalue weighted by Gasteiger charge is -2.32. The number of aryl methyl sites for hydroxylation is 1. The van der Waals surface area contributed by atoms with E-state index in [4.69, 9.17) is 9.47 Å². The van der Waals surface area contributed by atoms with Crippen molar-refractivity contribution in [1.82, 2.24) is 10.2 Å². The van der Waals surface area contributed by atoms with Gasteiger partial charge < -0.3 is 19.7 Å². The van der Waals surface area contributed by atoms with E-state index >= 15 is 0 Å². The van der Waals surface area contributed by atoms with Crippen LogP contribution in [0.3, 0.4) is 0 Å². The lowest BCUT2D eigenvalue weighted by molar-refractivity contribution is -0.139. The molecule has 0 fully saturated rings. The van der Waals surface area contributed by atoms with Crippen molar-refractivity contribution in [3.8, 4) is 11.5 Å². The number of hydrogen-bond acceptors (Lipinski definition) is 6. The summed E-state index contributed by atoms with van der Waals surface area (Å²) in [7, 11) is -1.18. The van der Waals surface area contributed by atoms with E-state index in [1.165, 1.54) is 24.1 Å². The van der Waals surface area contributed by atoms with E-state index in [0.717, 1.165) is 28.3 Å². The van der Waals surface area contributed by atoms with Crippen LogP contribution in [0.4, 0.5) is 5.69 Å². The van der Waals surface area contributed by atoms with Gasteiger partial charge in [-0.25, -0.2) is 8.42 Å². The minimum atomic E-state index is -4.19. The largest absolute Gasteiger partial charge is 0.497 e. The second-order valence-electron chi connectivity index (χ2n) is 9.69. The summed E-state index contributed by atoms with van der Waals surface area (Å²) in [4.78, 5) is 28.6. The van der Waals surface area contributed by atoms with Gasteiger partial charge in [-0.2, -0.15) is 0 Å². The van der Waals surface area contributed by atoms with E-state index in [0.29, 0.717) is 18.0 Å². The van der Waals surface area contributed by atoms with Crippen LogP contribution in [0.2, 0.25) is 0 Å². The van der Waals surface area contributed by atoms with Gasteiger partial charge in [0.1, 0.15) is 24.1 Å². The molecule has 0 radical (unpaired) electrons. The van der Waals surface area contributed by atoms with Crippen molar-refractivity contribution in [2.75, 3.05) is 31.6 Å². The number of ether oxygens (including phenoxy) is 2. The molecule has 41 heavy (non-hydrogen) atoms. The third-order valence-electron chi connectivity index (χ3n) is 6.72. The van der Waals surface area contributed by atoms with E-state index in [-0.39, 0.29) is 23.0 Å². The predicted octanol–water partition coefficient (Wildman–Crippen LogP) is 4.54. The van der Waals surface area contributed by atoms with Crippen molar-refractivity contribution >= 4 is 27.5 Å². The van der Waals surface area contributed by atoms with Gasteiger partial charge in [0, 0.05) is 13.1 Å². The fourth-order valence-corrected chi connectivity index (χ4v) is 5.71. The zero-order chi connectivity index (χ0) is 30.0. The molecule has 0 saturated heterocycles. The maximum Gasteiger partial charge on any atom is 0.264 e. The van der Waals surface area contributed by atoms with Crippen LogP contribution in [-0.2, 0) is 26.2 Å². The van der Waals surface area contributed by atoms with Crippen molar-refractivity contribution < 1.29 is 27.5 Å². The molecule has 220 valence electrons. The molecule has 9 nitrogen and oxygen atoms in total. The number of hydrogen-bond donors (Lipinski definition) is 1. The minimum absolute atomic E-state index is 0.0309. The number of methoxy groups -OCH3 is 2. The average molecular weight is 582 g/mol. The Morgan fingerprint density at radius 1 is 0.951 bits per heavy atom. The van der Waals surface area contributed by atoms with Crippen LogP contribution in [-0.4, -0.2) is 58.5 Å². The molecular weight excluding hydrogens is 542 g/mol. The molecule has 1 atom stereocenters. The van der Waals surface area contributed by atoms with Gasteiger partial charge in [-0.3, -0.25) is 13.9 Å². The summed E-state index contributed by atoms with van der Waals surface area (Å²) in [5, 5.41) is 2.88. The maximum absolute atomic E-state index is 14.1. The Morgan fingerprint density at radius 2 is 1.63 bits per heavy atom. The van der Waals surface area contributed by atoms with E-state index in [9.17, 15) is 18.0 Å².